The van der Waals surface area contributed by atoms with Crippen molar-refractivity contribution in [3.63, 3.8) is 0 Å². The number of rotatable bonds is 4. The van der Waals surface area contributed by atoms with Crippen LogP contribution in [0.3, 0.4) is 0 Å². The van der Waals surface area contributed by atoms with E-state index in [2.05, 4.69) is 10.2 Å². The lowest BCUT2D eigenvalue weighted by Crippen LogP contribution is -1.89. The molecule has 126 valence electrons. The summed E-state index contributed by atoms with van der Waals surface area (Å²) in [6.45, 7) is 1.54. The van der Waals surface area contributed by atoms with E-state index in [0.29, 0.717) is 17.1 Å². The van der Waals surface area contributed by atoms with Gasteiger partial charge in [-0.1, -0.05) is 36.4 Å². The first kappa shape index (κ1) is 15.9. The number of carbonyl (C=O) groups excluding carboxylic acids is 1. The molecule has 0 saturated heterocycles. The van der Waals surface area contributed by atoms with Crippen molar-refractivity contribution in [1.82, 2.24) is 9.38 Å². The van der Waals surface area contributed by atoms with Gasteiger partial charge in [0.25, 0.3) is 0 Å². The van der Waals surface area contributed by atoms with Crippen LogP contribution in [0.15, 0.2) is 89.2 Å². The maximum atomic E-state index is 11.4. The van der Waals surface area contributed by atoms with Gasteiger partial charge in [0.15, 0.2) is 11.6 Å². The maximum absolute atomic E-state index is 11.4. The highest BCUT2D eigenvalue weighted by molar-refractivity contribution is 5.94. The minimum atomic E-state index is 0.0293. The maximum Gasteiger partial charge on any atom is 0.187 e. The number of ketones is 1. The van der Waals surface area contributed by atoms with Gasteiger partial charge in [-0.2, -0.15) is 0 Å². The smallest absolute Gasteiger partial charge is 0.187 e. The molecule has 2 aromatic heterocycles. The normalized spacial score (nSPS) is 11.3. The molecule has 26 heavy (non-hydrogen) atoms. The van der Waals surface area contributed by atoms with Gasteiger partial charge in [0.2, 0.25) is 0 Å². The summed E-state index contributed by atoms with van der Waals surface area (Å²) in [7, 11) is 0. The first-order chi connectivity index (χ1) is 12.7. The van der Waals surface area contributed by atoms with Crippen molar-refractivity contribution >= 4 is 22.9 Å². The molecule has 5 nitrogen and oxygen atoms in total. The van der Waals surface area contributed by atoms with Crippen LogP contribution in [0.1, 0.15) is 17.3 Å². The Hall–Kier alpha value is -3.60. The average Bonchev–Trinajstić information content (AvgIpc) is 3.06. The molecule has 2 heterocycles. The van der Waals surface area contributed by atoms with Gasteiger partial charge in [0.1, 0.15) is 11.3 Å². The van der Waals surface area contributed by atoms with Gasteiger partial charge in [-0.15, -0.1) is 10.2 Å². The SMILES string of the molecule is CC(=O)c1ccc(N=Nc2c(-c3ccccc3)nc3ccccn23)cc1. The second-order valence-corrected chi connectivity index (χ2v) is 5.88. The molecule has 0 aliphatic carbocycles. The quantitative estimate of drug-likeness (QED) is 0.357. The van der Waals surface area contributed by atoms with Crippen LogP contribution in [0.4, 0.5) is 11.5 Å². The topological polar surface area (TPSA) is 59.1 Å². The summed E-state index contributed by atoms with van der Waals surface area (Å²) in [6.07, 6.45) is 1.92. The van der Waals surface area contributed by atoms with Crippen molar-refractivity contribution in [2.45, 2.75) is 6.92 Å². The zero-order chi connectivity index (χ0) is 17.9. The number of nitrogens with zero attached hydrogens (tertiary/aromatic N) is 4. The molecule has 0 aliphatic rings. The predicted octanol–water partition coefficient (Wildman–Crippen LogP) is 5.62. The minimum absolute atomic E-state index is 0.0293. The van der Waals surface area contributed by atoms with Gasteiger partial charge >= 0.3 is 0 Å². The molecule has 5 heteroatoms. The number of aromatic nitrogens is 2. The highest BCUT2D eigenvalue weighted by Crippen LogP contribution is 2.32. The number of hydrogen-bond acceptors (Lipinski definition) is 4. The van der Waals surface area contributed by atoms with Gasteiger partial charge in [-0.3, -0.25) is 9.20 Å². The van der Waals surface area contributed by atoms with Crippen molar-refractivity contribution in [3.05, 3.63) is 84.6 Å². The lowest BCUT2D eigenvalue weighted by Gasteiger charge is -2.00. The molecule has 0 saturated carbocycles. The van der Waals surface area contributed by atoms with Crippen LogP contribution in [-0.2, 0) is 0 Å². The summed E-state index contributed by atoms with van der Waals surface area (Å²) < 4.78 is 1.91. The highest BCUT2D eigenvalue weighted by Gasteiger charge is 2.13. The summed E-state index contributed by atoms with van der Waals surface area (Å²) in [4.78, 5) is 16.1. The van der Waals surface area contributed by atoms with Crippen LogP contribution in [0, 0.1) is 0 Å². The molecular weight excluding hydrogens is 324 g/mol. The molecule has 0 aliphatic heterocycles. The minimum Gasteiger partial charge on any atom is -0.295 e. The number of carbonyl (C=O) groups is 1. The average molecular weight is 340 g/mol. The predicted molar refractivity (Wildman–Crippen MR) is 101 cm³/mol. The van der Waals surface area contributed by atoms with E-state index in [4.69, 9.17) is 4.98 Å². The third kappa shape index (κ3) is 3.02. The molecule has 2 aromatic carbocycles. The molecule has 0 fully saturated rings. The Bertz CT molecular complexity index is 1100. The fourth-order valence-corrected chi connectivity index (χ4v) is 2.74. The zero-order valence-corrected chi connectivity index (χ0v) is 14.2. The number of imidazole rings is 1. The number of benzene rings is 2. The highest BCUT2D eigenvalue weighted by atomic mass is 16.1. The Morgan fingerprint density at radius 3 is 2.35 bits per heavy atom. The van der Waals surface area contributed by atoms with Gasteiger partial charge in [-0.05, 0) is 43.3 Å². The van der Waals surface area contributed by atoms with Crippen LogP contribution in [0.25, 0.3) is 16.9 Å². The van der Waals surface area contributed by atoms with Crippen molar-refractivity contribution in [1.29, 1.82) is 0 Å². The van der Waals surface area contributed by atoms with Gasteiger partial charge < -0.3 is 0 Å². The van der Waals surface area contributed by atoms with Crippen molar-refractivity contribution in [3.8, 4) is 11.3 Å². The lowest BCUT2D eigenvalue weighted by atomic mass is 10.1. The van der Waals surface area contributed by atoms with Crippen LogP contribution in [-0.4, -0.2) is 15.2 Å². The summed E-state index contributed by atoms with van der Waals surface area (Å²) in [6, 6.07) is 22.8. The fraction of sp³-hybridized carbons (Fsp3) is 0.0476. The molecule has 0 atom stereocenters. The molecule has 0 unspecified atom stereocenters. The fourth-order valence-electron chi connectivity index (χ4n) is 2.74. The number of hydrogen-bond donors (Lipinski definition) is 0. The van der Waals surface area contributed by atoms with Crippen LogP contribution in [0.2, 0.25) is 0 Å². The summed E-state index contributed by atoms with van der Waals surface area (Å²) >= 11 is 0. The van der Waals surface area contributed by atoms with Crippen LogP contribution in [0.5, 0.6) is 0 Å². The number of Topliss-reactive ketones (excluding diaryl/α,β-unsaturated/α-hetero) is 1. The molecule has 0 N–H and O–H groups in total. The molecule has 0 spiro atoms. The van der Waals surface area contributed by atoms with E-state index in [0.717, 1.165) is 16.9 Å². The molecule has 4 aromatic rings. The second kappa shape index (κ2) is 6.72. The molecule has 0 bridgehead atoms. The second-order valence-electron chi connectivity index (χ2n) is 5.88. The van der Waals surface area contributed by atoms with Gasteiger partial charge in [0, 0.05) is 17.3 Å². The van der Waals surface area contributed by atoms with Crippen molar-refractivity contribution in [2.24, 2.45) is 10.2 Å². The number of fused-ring (bicyclic) bond motifs is 1. The van der Waals surface area contributed by atoms with Crippen LogP contribution >= 0.6 is 0 Å². The van der Waals surface area contributed by atoms with Crippen LogP contribution < -0.4 is 0 Å². The van der Waals surface area contributed by atoms with E-state index in [1.165, 1.54) is 0 Å². The van der Waals surface area contributed by atoms with E-state index < -0.39 is 0 Å². The van der Waals surface area contributed by atoms with Crippen molar-refractivity contribution in [2.75, 3.05) is 0 Å². The molecular formula is C21H16N4O. The third-order valence-corrected chi connectivity index (χ3v) is 4.09. The Kier molecular flexibility index (Phi) is 4.11. The summed E-state index contributed by atoms with van der Waals surface area (Å²) in [5.74, 6) is 0.698. The largest absolute Gasteiger partial charge is 0.295 e. The standard InChI is InChI=1S/C21H16N4O/c1-15(26)16-10-12-18(13-11-16)23-24-21-20(17-7-3-2-4-8-17)22-19-9-5-6-14-25(19)21/h2-14H,1H3. The zero-order valence-electron chi connectivity index (χ0n) is 14.2. The molecule has 0 amide bonds. The Morgan fingerprint density at radius 1 is 0.885 bits per heavy atom. The van der Waals surface area contributed by atoms with Crippen molar-refractivity contribution < 1.29 is 4.79 Å². The van der Waals surface area contributed by atoms with E-state index >= 15 is 0 Å². The Balaban J connectivity index is 1.79. The van der Waals surface area contributed by atoms with E-state index in [-0.39, 0.29) is 5.78 Å². The third-order valence-electron chi connectivity index (χ3n) is 4.09. The summed E-state index contributed by atoms with van der Waals surface area (Å²) in [5, 5.41) is 8.79. The molecule has 0 radical (unpaired) electrons. The van der Waals surface area contributed by atoms with E-state index in [1.807, 2.05) is 59.1 Å². The number of azo groups is 1. The first-order valence-electron chi connectivity index (χ1n) is 8.27. The van der Waals surface area contributed by atoms with E-state index in [1.54, 1.807) is 31.2 Å². The Labute approximate surface area is 150 Å². The number of pyridine rings is 1. The molecule has 4 rings (SSSR count). The lowest BCUT2D eigenvalue weighted by molar-refractivity contribution is 0.101. The van der Waals surface area contributed by atoms with E-state index in [9.17, 15) is 4.79 Å². The monoisotopic (exact) mass is 340 g/mol. The van der Waals surface area contributed by atoms with Gasteiger partial charge in [0.05, 0.1) is 5.69 Å². The summed E-state index contributed by atoms with van der Waals surface area (Å²) in [5.41, 5.74) is 3.91. The first-order valence-corrected chi connectivity index (χ1v) is 8.27. The van der Waals surface area contributed by atoms with Gasteiger partial charge in [-0.25, -0.2) is 4.98 Å². The Morgan fingerprint density at radius 2 is 1.62 bits per heavy atom.